The van der Waals surface area contributed by atoms with Crippen LogP contribution < -0.4 is 10.6 Å². The number of morpholine rings is 1. The van der Waals surface area contributed by atoms with E-state index in [0.29, 0.717) is 12.0 Å². The van der Waals surface area contributed by atoms with E-state index in [4.69, 9.17) is 9.73 Å². The normalized spacial score (nSPS) is 18.8. The van der Waals surface area contributed by atoms with Crippen molar-refractivity contribution in [2.75, 3.05) is 45.9 Å². The second-order valence-corrected chi connectivity index (χ2v) is 7.25. The molecule has 0 aliphatic carbocycles. The predicted molar refractivity (Wildman–Crippen MR) is 114 cm³/mol. The summed E-state index contributed by atoms with van der Waals surface area (Å²) in [7, 11) is 0. The number of rotatable bonds is 9. The number of guanidine groups is 1. The van der Waals surface area contributed by atoms with Gasteiger partial charge in [0.1, 0.15) is 0 Å². The van der Waals surface area contributed by atoms with Crippen LogP contribution in [-0.4, -0.2) is 62.8 Å². The molecule has 0 spiro atoms. The molecule has 1 saturated heterocycles. The summed E-state index contributed by atoms with van der Waals surface area (Å²) in [6.45, 7) is 17.9. The molecule has 1 heterocycles. The number of ether oxygens (including phenoxy) is 1. The highest BCUT2D eigenvalue weighted by Crippen LogP contribution is 2.07. The second kappa shape index (κ2) is 14.1. The number of halogens is 1. The molecular weight excluding hydrogens is 415 g/mol. The van der Waals surface area contributed by atoms with Crippen molar-refractivity contribution in [1.29, 1.82) is 0 Å². The lowest BCUT2D eigenvalue weighted by Gasteiger charge is -2.28. The molecular formula is C18H39IN4O. The van der Waals surface area contributed by atoms with Crippen LogP contribution in [0.2, 0.25) is 0 Å². The summed E-state index contributed by atoms with van der Waals surface area (Å²) in [5.41, 5.74) is 0. The van der Waals surface area contributed by atoms with Gasteiger partial charge in [0, 0.05) is 38.8 Å². The van der Waals surface area contributed by atoms with Crippen LogP contribution in [0.4, 0.5) is 0 Å². The Balaban J connectivity index is 0.00000529. The van der Waals surface area contributed by atoms with Crippen LogP contribution in [0.15, 0.2) is 4.99 Å². The largest absolute Gasteiger partial charge is 0.379 e. The summed E-state index contributed by atoms with van der Waals surface area (Å²) in [5.74, 6) is 2.28. The van der Waals surface area contributed by atoms with Gasteiger partial charge in [-0.1, -0.05) is 20.8 Å². The summed E-state index contributed by atoms with van der Waals surface area (Å²) in [5, 5.41) is 6.90. The Morgan fingerprint density at radius 2 is 1.79 bits per heavy atom. The molecule has 1 aliphatic heterocycles. The smallest absolute Gasteiger partial charge is 0.191 e. The van der Waals surface area contributed by atoms with Crippen molar-refractivity contribution in [3.05, 3.63) is 0 Å². The Labute approximate surface area is 166 Å². The zero-order valence-electron chi connectivity index (χ0n) is 16.3. The second-order valence-electron chi connectivity index (χ2n) is 7.25. The van der Waals surface area contributed by atoms with Gasteiger partial charge in [0.25, 0.3) is 0 Å². The maximum absolute atomic E-state index is 5.41. The number of nitrogens with zero attached hydrogens (tertiary/aromatic N) is 2. The van der Waals surface area contributed by atoms with Gasteiger partial charge in [-0.25, -0.2) is 0 Å². The quantitative estimate of drug-likeness (QED) is 0.320. The standard InChI is InChI=1S/C18H38N4O.HI/c1-6-19-18(21-17(5)8-7-15(2)3)20-13-16(4)14-22-9-11-23-12-10-22;/h15-17H,6-14H2,1-5H3,(H2,19,20,21);1H. The van der Waals surface area contributed by atoms with Gasteiger partial charge >= 0.3 is 0 Å². The Morgan fingerprint density at radius 3 is 2.38 bits per heavy atom. The molecule has 1 fully saturated rings. The van der Waals surface area contributed by atoms with E-state index in [1.165, 1.54) is 12.8 Å². The Kier molecular flexibility index (Phi) is 14.1. The highest BCUT2D eigenvalue weighted by molar-refractivity contribution is 14.0. The minimum absolute atomic E-state index is 0. The zero-order chi connectivity index (χ0) is 17.1. The lowest BCUT2D eigenvalue weighted by molar-refractivity contribution is 0.0323. The fraction of sp³-hybridized carbons (Fsp3) is 0.944. The van der Waals surface area contributed by atoms with Crippen molar-refractivity contribution >= 4 is 29.9 Å². The first-order valence-electron chi connectivity index (χ1n) is 9.36. The van der Waals surface area contributed by atoms with Gasteiger partial charge in [-0.05, 0) is 38.5 Å². The van der Waals surface area contributed by atoms with E-state index in [1.807, 2.05) is 0 Å². The fourth-order valence-electron chi connectivity index (χ4n) is 2.74. The van der Waals surface area contributed by atoms with E-state index < -0.39 is 0 Å². The third-order valence-electron chi connectivity index (χ3n) is 4.14. The van der Waals surface area contributed by atoms with Gasteiger partial charge in [0.2, 0.25) is 0 Å². The van der Waals surface area contributed by atoms with Crippen molar-refractivity contribution < 1.29 is 4.74 Å². The molecule has 2 unspecified atom stereocenters. The van der Waals surface area contributed by atoms with Crippen LogP contribution in [0, 0.1) is 11.8 Å². The van der Waals surface area contributed by atoms with Crippen LogP contribution in [0.3, 0.4) is 0 Å². The maximum atomic E-state index is 5.41. The lowest BCUT2D eigenvalue weighted by atomic mass is 10.0. The van der Waals surface area contributed by atoms with E-state index in [2.05, 4.69) is 50.2 Å². The van der Waals surface area contributed by atoms with E-state index in [0.717, 1.165) is 57.8 Å². The highest BCUT2D eigenvalue weighted by Gasteiger charge is 2.14. The molecule has 5 nitrogen and oxygen atoms in total. The van der Waals surface area contributed by atoms with Crippen molar-refractivity contribution in [3.63, 3.8) is 0 Å². The topological polar surface area (TPSA) is 48.9 Å². The summed E-state index contributed by atoms with van der Waals surface area (Å²) in [4.78, 5) is 7.26. The molecule has 2 atom stereocenters. The first-order chi connectivity index (χ1) is 11.0. The molecule has 1 rings (SSSR count). The molecule has 0 bridgehead atoms. The van der Waals surface area contributed by atoms with Crippen molar-refractivity contribution in [2.24, 2.45) is 16.8 Å². The van der Waals surface area contributed by atoms with Gasteiger partial charge < -0.3 is 15.4 Å². The van der Waals surface area contributed by atoms with Gasteiger partial charge in [-0.2, -0.15) is 0 Å². The van der Waals surface area contributed by atoms with Crippen molar-refractivity contribution in [3.8, 4) is 0 Å². The fourth-order valence-corrected chi connectivity index (χ4v) is 2.74. The Hall–Kier alpha value is -0.0800. The molecule has 144 valence electrons. The van der Waals surface area contributed by atoms with Gasteiger partial charge in [-0.15, -0.1) is 24.0 Å². The summed E-state index contributed by atoms with van der Waals surface area (Å²) in [6.07, 6.45) is 2.44. The molecule has 0 aromatic rings. The van der Waals surface area contributed by atoms with Gasteiger partial charge in [-0.3, -0.25) is 9.89 Å². The van der Waals surface area contributed by atoms with Gasteiger partial charge in [0.15, 0.2) is 5.96 Å². The molecule has 0 aromatic carbocycles. The van der Waals surface area contributed by atoms with Gasteiger partial charge in [0.05, 0.1) is 13.2 Å². The molecule has 2 N–H and O–H groups in total. The van der Waals surface area contributed by atoms with E-state index in [-0.39, 0.29) is 24.0 Å². The summed E-state index contributed by atoms with van der Waals surface area (Å²) < 4.78 is 5.41. The average molecular weight is 454 g/mol. The van der Waals surface area contributed by atoms with E-state index >= 15 is 0 Å². The van der Waals surface area contributed by atoms with Crippen LogP contribution >= 0.6 is 24.0 Å². The van der Waals surface area contributed by atoms with Crippen molar-refractivity contribution in [1.82, 2.24) is 15.5 Å². The van der Waals surface area contributed by atoms with E-state index in [9.17, 15) is 0 Å². The first-order valence-corrected chi connectivity index (χ1v) is 9.36. The van der Waals surface area contributed by atoms with Crippen LogP contribution in [0.1, 0.15) is 47.5 Å². The summed E-state index contributed by atoms with van der Waals surface area (Å²) in [6, 6.07) is 0.463. The molecule has 24 heavy (non-hydrogen) atoms. The van der Waals surface area contributed by atoms with Crippen LogP contribution in [0.25, 0.3) is 0 Å². The number of nitrogens with one attached hydrogen (secondary N) is 2. The molecule has 0 saturated carbocycles. The lowest BCUT2D eigenvalue weighted by Crippen LogP contribution is -2.43. The monoisotopic (exact) mass is 454 g/mol. The molecule has 0 aromatic heterocycles. The SMILES string of the molecule is CCNC(=NCC(C)CN1CCOCC1)NC(C)CCC(C)C.I. The molecule has 0 radical (unpaired) electrons. The highest BCUT2D eigenvalue weighted by atomic mass is 127. The van der Waals surface area contributed by atoms with Crippen molar-refractivity contribution in [2.45, 2.75) is 53.5 Å². The average Bonchev–Trinajstić information content (AvgIpc) is 2.52. The number of hydrogen-bond donors (Lipinski definition) is 2. The minimum Gasteiger partial charge on any atom is -0.379 e. The number of hydrogen-bond acceptors (Lipinski definition) is 3. The zero-order valence-corrected chi connectivity index (χ0v) is 18.6. The summed E-state index contributed by atoms with van der Waals surface area (Å²) >= 11 is 0. The third-order valence-corrected chi connectivity index (χ3v) is 4.14. The molecule has 6 heteroatoms. The molecule has 0 amide bonds. The van der Waals surface area contributed by atoms with Crippen LogP contribution in [-0.2, 0) is 4.74 Å². The van der Waals surface area contributed by atoms with Crippen LogP contribution in [0.5, 0.6) is 0 Å². The number of aliphatic imine (C=N–C) groups is 1. The minimum atomic E-state index is 0. The Bertz CT molecular complexity index is 333. The van der Waals surface area contributed by atoms with E-state index in [1.54, 1.807) is 0 Å². The predicted octanol–water partition coefficient (Wildman–Crippen LogP) is 2.95. The molecule has 1 aliphatic rings. The first kappa shape index (κ1) is 23.9. The maximum Gasteiger partial charge on any atom is 0.191 e. The third kappa shape index (κ3) is 11.5. The Morgan fingerprint density at radius 1 is 1.12 bits per heavy atom.